The molecule has 1 aromatic heterocycles. The Bertz CT molecular complexity index is 533. The van der Waals surface area contributed by atoms with E-state index < -0.39 is 11.4 Å². The number of benzene rings is 1. The van der Waals surface area contributed by atoms with Gasteiger partial charge in [0.1, 0.15) is 0 Å². The van der Waals surface area contributed by atoms with Gasteiger partial charge < -0.3 is 5.73 Å². The van der Waals surface area contributed by atoms with Crippen LogP contribution in [0.5, 0.6) is 0 Å². The van der Waals surface area contributed by atoms with Crippen molar-refractivity contribution >= 4 is 5.69 Å². The summed E-state index contributed by atoms with van der Waals surface area (Å²) >= 11 is 0. The summed E-state index contributed by atoms with van der Waals surface area (Å²) < 4.78 is 1.07. The van der Waals surface area contributed by atoms with Crippen LogP contribution in [0.2, 0.25) is 0 Å². The molecule has 2 aromatic rings. The van der Waals surface area contributed by atoms with Gasteiger partial charge in [-0.2, -0.15) is 0 Å². The number of rotatable bonds is 2. The Morgan fingerprint density at radius 1 is 1.07 bits per heavy atom. The van der Waals surface area contributed by atoms with E-state index >= 15 is 0 Å². The van der Waals surface area contributed by atoms with Gasteiger partial charge in [0.2, 0.25) is 0 Å². The summed E-state index contributed by atoms with van der Waals surface area (Å²) in [6.07, 6.45) is 0. The summed E-state index contributed by atoms with van der Waals surface area (Å²) in [5.41, 5.74) is 6.11. The molecule has 0 unspecified atom stereocenters. The van der Waals surface area contributed by atoms with Crippen molar-refractivity contribution in [2.24, 2.45) is 0 Å². The van der Waals surface area contributed by atoms with Crippen LogP contribution in [0.3, 0.4) is 0 Å². The van der Waals surface area contributed by atoms with Crippen molar-refractivity contribution in [3.8, 4) is 0 Å². The lowest BCUT2D eigenvalue weighted by Crippen LogP contribution is -2.26. The molecule has 0 fully saturated rings. The number of nitrogens with zero attached hydrogens (tertiary/aromatic N) is 1. The van der Waals surface area contributed by atoms with E-state index in [1.165, 1.54) is 0 Å². The smallest absolute Gasteiger partial charge is 0.344 e. The van der Waals surface area contributed by atoms with Crippen LogP contribution in [0.25, 0.3) is 0 Å². The number of aromatic nitrogens is 3. The van der Waals surface area contributed by atoms with Gasteiger partial charge in [-0.1, -0.05) is 12.1 Å². The molecular weight excluding hydrogens is 196 g/mol. The fraction of sp³-hybridized carbons (Fsp3) is 0.111. The van der Waals surface area contributed by atoms with E-state index in [4.69, 9.17) is 5.73 Å². The molecule has 0 radical (unpaired) electrons. The molecule has 0 amide bonds. The van der Waals surface area contributed by atoms with E-state index in [-0.39, 0.29) is 6.54 Å². The molecule has 0 bridgehead atoms. The summed E-state index contributed by atoms with van der Waals surface area (Å²) in [6, 6.07) is 6.99. The highest BCUT2D eigenvalue weighted by molar-refractivity contribution is 5.39. The van der Waals surface area contributed by atoms with E-state index in [1.807, 2.05) is 0 Å². The van der Waals surface area contributed by atoms with Gasteiger partial charge in [-0.15, -0.1) is 0 Å². The van der Waals surface area contributed by atoms with Crippen LogP contribution in [-0.4, -0.2) is 14.8 Å². The van der Waals surface area contributed by atoms with Crippen LogP contribution in [0.4, 0.5) is 5.69 Å². The first-order valence-corrected chi connectivity index (χ1v) is 4.39. The number of hydrogen-bond donors (Lipinski definition) is 3. The van der Waals surface area contributed by atoms with Crippen molar-refractivity contribution in [3.63, 3.8) is 0 Å². The molecule has 1 aromatic carbocycles. The number of nitrogen functional groups attached to an aromatic ring is 1. The third-order valence-electron chi connectivity index (χ3n) is 2.09. The van der Waals surface area contributed by atoms with Crippen LogP contribution in [0, 0.1) is 0 Å². The molecule has 0 saturated heterocycles. The minimum Gasteiger partial charge on any atom is -0.399 e. The molecule has 0 atom stereocenters. The molecule has 0 saturated carbocycles. The van der Waals surface area contributed by atoms with Gasteiger partial charge in [-0.25, -0.2) is 24.4 Å². The van der Waals surface area contributed by atoms with E-state index in [9.17, 15) is 9.59 Å². The zero-order valence-corrected chi connectivity index (χ0v) is 7.86. The minimum atomic E-state index is -0.447. The number of nitrogens with one attached hydrogen (secondary N) is 2. The maximum atomic E-state index is 11.2. The van der Waals surface area contributed by atoms with Gasteiger partial charge >= 0.3 is 11.4 Å². The summed E-state index contributed by atoms with van der Waals surface area (Å²) in [4.78, 5) is 22.3. The fourth-order valence-corrected chi connectivity index (χ4v) is 1.28. The quantitative estimate of drug-likeness (QED) is 0.577. The molecule has 0 aliphatic carbocycles. The summed E-state index contributed by atoms with van der Waals surface area (Å²) in [5, 5.41) is 4.43. The number of anilines is 1. The van der Waals surface area contributed by atoms with Gasteiger partial charge in [0, 0.05) is 5.69 Å². The Kier molecular flexibility index (Phi) is 2.17. The summed E-state index contributed by atoms with van der Waals surface area (Å²) in [6.45, 7) is 0.234. The van der Waals surface area contributed by atoms with Crippen molar-refractivity contribution in [1.82, 2.24) is 14.8 Å². The predicted octanol–water partition coefficient (Wildman–Crippen LogP) is -0.505. The molecule has 4 N–H and O–H groups in total. The first-order chi connectivity index (χ1) is 7.16. The third-order valence-corrected chi connectivity index (χ3v) is 2.09. The second kappa shape index (κ2) is 3.49. The Balaban J connectivity index is 2.34. The van der Waals surface area contributed by atoms with Gasteiger partial charge in [0.05, 0.1) is 6.54 Å². The predicted molar refractivity (Wildman–Crippen MR) is 55.6 cm³/mol. The molecule has 0 aliphatic rings. The highest BCUT2D eigenvalue weighted by Gasteiger charge is 2.02. The van der Waals surface area contributed by atoms with Crippen molar-refractivity contribution < 1.29 is 0 Å². The van der Waals surface area contributed by atoms with E-state index in [2.05, 4.69) is 10.2 Å². The first kappa shape index (κ1) is 9.32. The van der Waals surface area contributed by atoms with Gasteiger partial charge in [0.25, 0.3) is 0 Å². The number of aromatic amines is 2. The molecule has 78 valence electrons. The lowest BCUT2D eigenvalue weighted by Gasteiger charge is -2.00. The highest BCUT2D eigenvalue weighted by Crippen LogP contribution is 2.05. The Morgan fingerprint density at radius 3 is 2.13 bits per heavy atom. The first-order valence-electron chi connectivity index (χ1n) is 4.39. The van der Waals surface area contributed by atoms with Crippen LogP contribution in [0.15, 0.2) is 33.9 Å². The van der Waals surface area contributed by atoms with Crippen molar-refractivity contribution in [2.75, 3.05) is 5.73 Å². The van der Waals surface area contributed by atoms with Gasteiger partial charge in [-0.3, -0.25) is 0 Å². The zero-order chi connectivity index (χ0) is 10.8. The Hall–Kier alpha value is -2.24. The zero-order valence-electron chi connectivity index (χ0n) is 7.86. The molecule has 2 rings (SSSR count). The third kappa shape index (κ3) is 1.83. The molecule has 6 heteroatoms. The summed E-state index contributed by atoms with van der Waals surface area (Å²) in [5.74, 6) is 0. The lowest BCUT2D eigenvalue weighted by atomic mass is 10.2. The average Bonchev–Trinajstić information content (AvgIpc) is 2.53. The van der Waals surface area contributed by atoms with E-state index in [1.54, 1.807) is 24.3 Å². The minimum absolute atomic E-state index is 0.234. The topological polar surface area (TPSA) is 96.7 Å². The Morgan fingerprint density at radius 2 is 1.60 bits per heavy atom. The molecule has 6 nitrogen and oxygen atoms in total. The second-order valence-corrected chi connectivity index (χ2v) is 3.19. The molecule has 0 aliphatic heterocycles. The van der Waals surface area contributed by atoms with Gasteiger partial charge in [0.15, 0.2) is 0 Å². The maximum Gasteiger partial charge on any atom is 0.344 e. The second-order valence-electron chi connectivity index (χ2n) is 3.19. The van der Waals surface area contributed by atoms with Crippen molar-refractivity contribution in [1.29, 1.82) is 0 Å². The largest absolute Gasteiger partial charge is 0.399 e. The van der Waals surface area contributed by atoms with Crippen LogP contribution < -0.4 is 17.1 Å². The number of nitrogens with two attached hydrogens (primary N) is 1. The van der Waals surface area contributed by atoms with Crippen LogP contribution in [0.1, 0.15) is 5.56 Å². The molecule has 0 spiro atoms. The molecular formula is C9H10N4O2. The number of hydrogen-bond acceptors (Lipinski definition) is 3. The number of H-pyrrole nitrogens is 2. The SMILES string of the molecule is Nc1ccc(Cn2c(=O)[nH][nH]c2=O)cc1. The lowest BCUT2D eigenvalue weighted by molar-refractivity contribution is 0.733. The summed E-state index contributed by atoms with van der Waals surface area (Å²) in [7, 11) is 0. The van der Waals surface area contributed by atoms with Crippen LogP contribution >= 0.6 is 0 Å². The molecule has 15 heavy (non-hydrogen) atoms. The van der Waals surface area contributed by atoms with Crippen molar-refractivity contribution in [3.05, 3.63) is 50.8 Å². The van der Waals surface area contributed by atoms with E-state index in [0.717, 1.165) is 10.1 Å². The average molecular weight is 206 g/mol. The molecule has 1 heterocycles. The van der Waals surface area contributed by atoms with Gasteiger partial charge in [-0.05, 0) is 17.7 Å². The normalized spacial score (nSPS) is 10.4. The highest BCUT2D eigenvalue weighted by atomic mass is 16.2. The fourth-order valence-electron chi connectivity index (χ4n) is 1.28. The van der Waals surface area contributed by atoms with E-state index in [0.29, 0.717) is 5.69 Å². The monoisotopic (exact) mass is 206 g/mol. The Labute approximate surface area is 84.3 Å². The van der Waals surface area contributed by atoms with Crippen LogP contribution in [-0.2, 0) is 6.54 Å². The van der Waals surface area contributed by atoms with Crippen molar-refractivity contribution in [2.45, 2.75) is 6.54 Å². The standard InChI is InChI=1S/C9H10N4O2/c10-7-3-1-6(2-4-7)5-13-8(14)11-12-9(13)15/h1-4H,5,10H2,(H,11,14)(H,12,15). The maximum absolute atomic E-state index is 11.2.